The number of amides is 1. The average Bonchev–Trinajstić information content (AvgIpc) is 2.23. The van der Waals surface area contributed by atoms with Crippen molar-refractivity contribution in [3.8, 4) is 0 Å². The van der Waals surface area contributed by atoms with Crippen LogP contribution in [-0.2, 0) is 4.79 Å². The highest BCUT2D eigenvalue weighted by Gasteiger charge is 2.41. The average molecular weight is 242 g/mol. The Bertz CT molecular complexity index is 278. The topological polar surface area (TPSA) is 52.8 Å². The zero-order chi connectivity index (χ0) is 13.2. The summed E-state index contributed by atoms with van der Waals surface area (Å²) < 4.78 is 0. The predicted molar refractivity (Wildman–Crippen MR) is 69.8 cm³/mol. The number of likely N-dealkylation sites (N-methyl/N-ethyl adjacent to an activating group) is 2. The van der Waals surface area contributed by atoms with Crippen molar-refractivity contribution in [1.29, 1.82) is 0 Å². The van der Waals surface area contributed by atoms with Gasteiger partial charge in [-0.2, -0.15) is 0 Å². The summed E-state index contributed by atoms with van der Waals surface area (Å²) in [4.78, 5) is 18.4. The molecule has 100 valence electrons. The minimum absolute atomic E-state index is 0.00966. The zero-order valence-electron chi connectivity index (χ0n) is 11.7. The lowest BCUT2D eigenvalue weighted by Crippen LogP contribution is -2.67. The first-order valence-corrected chi connectivity index (χ1v) is 6.16. The smallest absolute Gasteiger partial charge is 0.241 e. The fourth-order valence-electron chi connectivity index (χ4n) is 2.22. The van der Waals surface area contributed by atoms with E-state index in [2.05, 4.69) is 23.6 Å². The summed E-state index contributed by atoms with van der Waals surface area (Å²) in [7, 11) is 6.02. The summed E-state index contributed by atoms with van der Waals surface area (Å²) >= 11 is 0. The number of nitrogens with two attached hydrogens (primary N) is 1. The van der Waals surface area contributed by atoms with Gasteiger partial charge in [0, 0.05) is 31.7 Å². The van der Waals surface area contributed by atoms with Crippen LogP contribution in [0, 0.1) is 0 Å². The zero-order valence-corrected chi connectivity index (χ0v) is 11.7. The molecule has 2 N–H and O–H groups in total. The van der Waals surface area contributed by atoms with Gasteiger partial charge in [-0.3, -0.25) is 9.69 Å². The van der Waals surface area contributed by atoms with Crippen LogP contribution in [0.2, 0.25) is 0 Å². The normalized spacial score (nSPS) is 25.7. The molecule has 0 aromatic rings. The van der Waals surface area contributed by atoms with E-state index in [-0.39, 0.29) is 17.5 Å². The van der Waals surface area contributed by atoms with Crippen LogP contribution in [0.15, 0.2) is 0 Å². The van der Waals surface area contributed by atoms with E-state index >= 15 is 0 Å². The van der Waals surface area contributed by atoms with E-state index < -0.39 is 0 Å². The van der Waals surface area contributed by atoms with E-state index in [1.807, 2.05) is 26.0 Å². The second-order valence-corrected chi connectivity index (χ2v) is 5.74. The van der Waals surface area contributed by atoms with Crippen LogP contribution < -0.4 is 5.73 Å². The molecule has 5 nitrogen and oxygen atoms in total. The molecule has 1 fully saturated rings. The van der Waals surface area contributed by atoms with Gasteiger partial charge in [0.05, 0.1) is 0 Å². The molecule has 1 atom stereocenters. The van der Waals surface area contributed by atoms with E-state index in [0.717, 1.165) is 19.6 Å². The van der Waals surface area contributed by atoms with E-state index in [0.29, 0.717) is 6.54 Å². The summed E-state index contributed by atoms with van der Waals surface area (Å²) in [6.45, 7) is 7.14. The van der Waals surface area contributed by atoms with Gasteiger partial charge in [-0.1, -0.05) is 0 Å². The number of carbonyl (C=O) groups is 1. The maximum atomic E-state index is 12.3. The molecular weight excluding hydrogens is 216 g/mol. The Morgan fingerprint density at radius 2 is 2.06 bits per heavy atom. The first-order chi connectivity index (χ1) is 7.79. The molecule has 0 spiro atoms. The first-order valence-electron chi connectivity index (χ1n) is 6.16. The number of carbonyl (C=O) groups excluding carboxylic acids is 1. The van der Waals surface area contributed by atoms with Gasteiger partial charge < -0.3 is 15.5 Å². The highest BCUT2D eigenvalue weighted by Crippen LogP contribution is 2.23. The van der Waals surface area contributed by atoms with E-state index in [1.165, 1.54) is 0 Å². The third-order valence-corrected chi connectivity index (χ3v) is 3.64. The van der Waals surface area contributed by atoms with Gasteiger partial charge in [0.15, 0.2) is 0 Å². The highest BCUT2D eigenvalue weighted by atomic mass is 16.2. The molecule has 17 heavy (non-hydrogen) atoms. The van der Waals surface area contributed by atoms with Gasteiger partial charge in [0.25, 0.3) is 0 Å². The van der Waals surface area contributed by atoms with Gasteiger partial charge in [0.1, 0.15) is 6.04 Å². The Labute approximate surface area is 105 Å². The largest absolute Gasteiger partial charge is 0.338 e. The third-order valence-electron chi connectivity index (χ3n) is 3.64. The number of rotatable bonds is 4. The summed E-state index contributed by atoms with van der Waals surface area (Å²) in [6, 6.07) is -0.180. The Kier molecular flexibility index (Phi) is 4.52. The molecule has 0 aliphatic carbocycles. The summed E-state index contributed by atoms with van der Waals surface area (Å²) in [6.07, 6.45) is 0. The van der Waals surface area contributed by atoms with Crippen LogP contribution in [-0.4, -0.2) is 79.5 Å². The molecule has 5 heteroatoms. The molecule has 1 rings (SSSR count). The van der Waals surface area contributed by atoms with Crippen LogP contribution in [0.3, 0.4) is 0 Å². The SMILES string of the molecule is CN(C)CCN1CC(C)(C)N(C)C(CN)C1=O. The van der Waals surface area contributed by atoms with Crippen LogP contribution in [0.5, 0.6) is 0 Å². The highest BCUT2D eigenvalue weighted by molar-refractivity contribution is 5.83. The molecular formula is C12H26N4O. The lowest BCUT2D eigenvalue weighted by Gasteiger charge is -2.49. The maximum absolute atomic E-state index is 12.3. The molecule has 0 saturated carbocycles. The number of hydrogen-bond donors (Lipinski definition) is 1. The first kappa shape index (κ1) is 14.4. The lowest BCUT2D eigenvalue weighted by atomic mass is 9.95. The molecule has 0 radical (unpaired) electrons. The van der Waals surface area contributed by atoms with Crippen molar-refractivity contribution < 1.29 is 4.79 Å². The van der Waals surface area contributed by atoms with Gasteiger partial charge >= 0.3 is 0 Å². The summed E-state index contributed by atoms with van der Waals surface area (Å²) in [5.74, 6) is 0.163. The number of nitrogens with zero attached hydrogens (tertiary/aromatic N) is 3. The number of hydrogen-bond acceptors (Lipinski definition) is 4. The molecule has 1 aliphatic heterocycles. The molecule has 1 amide bonds. The molecule has 1 unspecified atom stereocenters. The van der Waals surface area contributed by atoms with E-state index in [9.17, 15) is 4.79 Å². The Morgan fingerprint density at radius 3 is 2.53 bits per heavy atom. The summed E-state index contributed by atoms with van der Waals surface area (Å²) in [5, 5.41) is 0. The van der Waals surface area contributed by atoms with Gasteiger partial charge in [0.2, 0.25) is 5.91 Å². The van der Waals surface area contributed by atoms with Crippen molar-refractivity contribution in [2.45, 2.75) is 25.4 Å². The molecule has 0 aromatic carbocycles. The maximum Gasteiger partial charge on any atom is 0.241 e. The van der Waals surface area contributed by atoms with Crippen molar-refractivity contribution >= 4 is 5.91 Å². The Balaban J connectivity index is 2.75. The lowest BCUT2D eigenvalue weighted by molar-refractivity contribution is -0.147. The van der Waals surface area contributed by atoms with Crippen LogP contribution in [0.25, 0.3) is 0 Å². The molecule has 1 aliphatic rings. The Hall–Kier alpha value is -0.650. The fourth-order valence-corrected chi connectivity index (χ4v) is 2.22. The summed E-state index contributed by atoms with van der Waals surface area (Å²) in [5.41, 5.74) is 5.71. The van der Waals surface area contributed by atoms with Crippen molar-refractivity contribution in [3.63, 3.8) is 0 Å². The van der Waals surface area contributed by atoms with E-state index in [4.69, 9.17) is 5.73 Å². The molecule has 0 aromatic heterocycles. The van der Waals surface area contributed by atoms with Crippen molar-refractivity contribution in [2.24, 2.45) is 5.73 Å². The third kappa shape index (κ3) is 3.18. The second-order valence-electron chi connectivity index (χ2n) is 5.74. The quantitative estimate of drug-likeness (QED) is 0.717. The standard InChI is InChI=1S/C12H26N4O/c1-12(2)9-16(7-6-14(3)4)11(17)10(8-13)15(12)5/h10H,6-9,13H2,1-5H3. The van der Waals surface area contributed by atoms with Crippen molar-refractivity contribution in [2.75, 3.05) is 47.3 Å². The minimum Gasteiger partial charge on any atom is -0.338 e. The fraction of sp³-hybridized carbons (Fsp3) is 0.917. The minimum atomic E-state index is -0.180. The van der Waals surface area contributed by atoms with Crippen molar-refractivity contribution in [1.82, 2.24) is 14.7 Å². The molecule has 0 bridgehead atoms. The Morgan fingerprint density at radius 1 is 1.47 bits per heavy atom. The monoisotopic (exact) mass is 242 g/mol. The second kappa shape index (κ2) is 5.33. The van der Waals surface area contributed by atoms with Gasteiger partial charge in [-0.25, -0.2) is 0 Å². The van der Waals surface area contributed by atoms with Crippen LogP contribution in [0.1, 0.15) is 13.8 Å². The predicted octanol–water partition coefficient (Wildman–Crippen LogP) is -0.572. The van der Waals surface area contributed by atoms with Crippen LogP contribution >= 0.6 is 0 Å². The van der Waals surface area contributed by atoms with Crippen LogP contribution in [0.4, 0.5) is 0 Å². The van der Waals surface area contributed by atoms with Gasteiger partial charge in [-0.15, -0.1) is 0 Å². The molecule has 1 heterocycles. The van der Waals surface area contributed by atoms with Crippen molar-refractivity contribution in [3.05, 3.63) is 0 Å². The number of piperazine rings is 1. The van der Waals surface area contributed by atoms with E-state index in [1.54, 1.807) is 0 Å². The molecule has 1 saturated heterocycles. The van der Waals surface area contributed by atoms with Gasteiger partial charge in [-0.05, 0) is 35.0 Å².